The van der Waals surface area contributed by atoms with Crippen molar-refractivity contribution in [3.05, 3.63) is 84.4 Å². The lowest BCUT2D eigenvalue weighted by atomic mass is 10.0. The van der Waals surface area contributed by atoms with E-state index in [4.69, 9.17) is 16.3 Å². The van der Waals surface area contributed by atoms with Crippen LogP contribution in [0, 0.1) is 5.92 Å². The lowest BCUT2D eigenvalue weighted by Crippen LogP contribution is -2.38. The van der Waals surface area contributed by atoms with Gasteiger partial charge >= 0.3 is 0 Å². The summed E-state index contributed by atoms with van der Waals surface area (Å²) in [7, 11) is 0. The maximum atomic E-state index is 13.6. The van der Waals surface area contributed by atoms with Crippen LogP contribution < -0.4 is 4.90 Å². The lowest BCUT2D eigenvalue weighted by Gasteiger charge is -2.21. The van der Waals surface area contributed by atoms with Gasteiger partial charge in [0.05, 0.1) is 17.8 Å². The van der Waals surface area contributed by atoms with Gasteiger partial charge in [-0.1, -0.05) is 50.2 Å². The molecule has 0 bridgehead atoms. The molecule has 0 radical (unpaired) electrons. The Morgan fingerprint density at radius 2 is 1.57 bits per heavy atom. The Balaban J connectivity index is 1.62. The molecule has 2 aromatic heterocycles. The Kier molecular flexibility index (Phi) is 6.32. The second-order valence-electron chi connectivity index (χ2n) is 8.48. The Morgan fingerprint density at radius 3 is 2.11 bits per heavy atom. The summed E-state index contributed by atoms with van der Waals surface area (Å²) < 4.78 is 7.96. The zero-order valence-electron chi connectivity index (χ0n) is 19.3. The summed E-state index contributed by atoms with van der Waals surface area (Å²) in [6.07, 6.45) is 3.26. The number of fused-ring (bicyclic) bond motifs is 1. The molecule has 0 saturated carbocycles. The number of halogens is 1. The number of amides is 2. The van der Waals surface area contributed by atoms with Gasteiger partial charge in [-0.25, -0.2) is 19.9 Å². The Bertz CT molecular complexity index is 1310. The number of nitrogens with zero attached hydrogens (tertiary/aromatic N) is 5. The second kappa shape index (κ2) is 9.56. The van der Waals surface area contributed by atoms with Gasteiger partial charge in [0.15, 0.2) is 23.2 Å². The second-order valence-corrected chi connectivity index (χ2v) is 8.98. The van der Waals surface area contributed by atoms with E-state index in [2.05, 4.69) is 28.8 Å². The fourth-order valence-corrected chi connectivity index (χ4v) is 4.77. The predicted molar refractivity (Wildman–Crippen MR) is 132 cm³/mol. The smallest absolute Gasteiger partial charge is 0.266 e. The largest absolute Gasteiger partial charge is 0.353 e. The van der Waals surface area contributed by atoms with Crippen molar-refractivity contribution in [2.45, 2.75) is 38.0 Å². The number of hydrogen-bond acceptors (Lipinski definition) is 6. The fourth-order valence-electron chi connectivity index (χ4n) is 4.42. The molecule has 178 valence electrons. The third kappa shape index (κ3) is 4.09. The summed E-state index contributed by atoms with van der Waals surface area (Å²) in [6.45, 7) is 4.12. The van der Waals surface area contributed by atoms with Crippen molar-refractivity contribution in [1.82, 2.24) is 19.5 Å². The lowest BCUT2D eigenvalue weighted by molar-refractivity contribution is -0.00234. The highest BCUT2D eigenvalue weighted by Gasteiger charge is 2.42. The van der Waals surface area contributed by atoms with E-state index >= 15 is 0 Å². The molecule has 1 saturated heterocycles. The summed E-state index contributed by atoms with van der Waals surface area (Å²) in [4.78, 5) is 41.5. The number of anilines is 1. The van der Waals surface area contributed by atoms with Crippen molar-refractivity contribution in [1.29, 1.82) is 0 Å². The van der Waals surface area contributed by atoms with Gasteiger partial charge in [0.25, 0.3) is 11.8 Å². The van der Waals surface area contributed by atoms with Crippen LogP contribution in [0.25, 0.3) is 11.2 Å². The average Bonchev–Trinajstić information content (AvgIpc) is 3.46. The topological polar surface area (TPSA) is 90.2 Å². The molecule has 35 heavy (non-hydrogen) atoms. The maximum absolute atomic E-state index is 13.6. The van der Waals surface area contributed by atoms with Crippen LogP contribution in [0.1, 0.15) is 47.2 Å². The molecule has 9 heteroatoms. The number of rotatable bonds is 5. The summed E-state index contributed by atoms with van der Waals surface area (Å²) in [5.74, 6) is -0.788. The molecular formula is C26H24ClN5O3. The van der Waals surface area contributed by atoms with Gasteiger partial charge in [-0.05, 0) is 30.7 Å². The third-order valence-electron chi connectivity index (χ3n) is 6.35. The fraction of sp³-hybridized carbons (Fsp3) is 0.269. The Morgan fingerprint density at radius 1 is 0.971 bits per heavy atom. The SMILES string of the molecule is CC[C@H]1O[C@@H](n2cnc3c(N(C(=O)c4ccccc4)C(=O)c4ccccc4)ncnc32)[C@H](Cl)[C@@H]1C. The first kappa shape index (κ1) is 23.1. The average molecular weight is 490 g/mol. The number of benzene rings is 2. The Hall–Kier alpha value is -3.62. The number of carbonyl (C=O) groups is 2. The van der Waals surface area contributed by atoms with Crippen molar-refractivity contribution in [3.8, 4) is 0 Å². The Labute approximate surface area is 207 Å². The minimum Gasteiger partial charge on any atom is -0.353 e. The van der Waals surface area contributed by atoms with Crippen molar-refractivity contribution in [2.24, 2.45) is 5.92 Å². The molecule has 2 amide bonds. The predicted octanol–water partition coefficient (Wildman–Crippen LogP) is 4.86. The molecule has 1 aliphatic rings. The quantitative estimate of drug-likeness (QED) is 0.293. The summed E-state index contributed by atoms with van der Waals surface area (Å²) >= 11 is 6.72. The van der Waals surface area contributed by atoms with Gasteiger partial charge < -0.3 is 4.74 Å². The molecule has 8 nitrogen and oxygen atoms in total. The normalized spacial score (nSPS) is 21.8. The zero-order chi connectivity index (χ0) is 24.5. The van der Waals surface area contributed by atoms with E-state index in [0.29, 0.717) is 22.3 Å². The molecule has 0 N–H and O–H groups in total. The first-order valence-electron chi connectivity index (χ1n) is 11.5. The molecule has 1 aliphatic heterocycles. The molecule has 1 fully saturated rings. The van der Waals surface area contributed by atoms with Crippen molar-refractivity contribution >= 4 is 40.4 Å². The third-order valence-corrected chi connectivity index (χ3v) is 6.96. The maximum Gasteiger partial charge on any atom is 0.266 e. The summed E-state index contributed by atoms with van der Waals surface area (Å²) in [5.41, 5.74) is 1.44. The number of carbonyl (C=O) groups excluding carboxylic acids is 2. The van der Waals surface area contributed by atoms with Crippen molar-refractivity contribution in [3.63, 3.8) is 0 Å². The zero-order valence-corrected chi connectivity index (χ0v) is 20.0. The number of imide groups is 1. The van der Waals surface area contributed by atoms with Crippen LogP contribution in [0.4, 0.5) is 5.82 Å². The van der Waals surface area contributed by atoms with Gasteiger partial charge in [-0.2, -0.15) is 0 Å². The molecular weight excluding hydrogens is 466 g/mol. The van der Waals surface area contributed by atoms with Gasteiger partial charge in [0.1, 0.15) is 6.33 Å². The van der Waals surface area contributed by atoms with Crippen LogP contribution in [-0.4, -0.2) is 42.8 Å². The van der Waals surface area contributed by atoms with E-state index in [1.54, 1.807) is 71.6 Å². The van der Waals surface area contributed by atoms with Crippen LogP contribution in [0.3, 0.4) is 0 Å². The van der Waals surface area contributed by atoms with Gasteiger partial charge in [-0.3, -0.25) is 14.2 Å². The van der Waals surface area contributed by atoms with E-state index in [1.807, 2.05) is 0 Å². The molecule has 3 heterocycles. The van der Waals surface area contributed by atoms with Crippen LogP contribution in [0.5, 0.6) is 0 Å². The molecule has 0 unspecified atom stereocenters. The minimum absolute atomic E-state index is 0.0112. The van der Waals surface area contributed by atoms with Gasteiger partial charge in [-0.15, -0.1) is 11.6 Å². The van der Waals surface area contributed by atoms with E-state index in [0.717, 1.165) is 11.3 Å². The molecule has 4 atom stereocenters. The first-order chi connectivity index (χ1) is 17.0. The highest BCUT2D eigenvalue weighted by Crippen LogP contribution is 2.40. The van der Waals surface area contributed by atoms with E-state index in [1.165, 1.54) is 6.33 Å². The highest BCUT2D eigenvalue weighted by molar-refractivity contribution is 6.27. The van der Waals surface area contributed by atoms with E-state index < -0.39 is 18.0 Å². The standard InChI is InChI=1S/C26H24ClN5O3/c1-3-19-16(2)20(27)26(35-19)31-15-30-21-22(31)28-14-29-23(21)32(24(33)17-10-6-4-7-11-17)25(34)18-12-8-5-9-13-18/h4-16,19-20,26H,3H2,1-2H3/t16-,19-,20-,26-/m1/s1. The minimum atomic E-state index is -0.513. The molecule has 0 aliphatic carbocycles. The highest BCUT2D eigenvalue weighted by atomic mass is 35.5. The number of imidazole rings is 1. The first-order valence-corrected chi connectivity index (χ1v) is 11.9. The van der Waals surface area contributed by atoms with Gasteiger partial charge in [0.2, 0.25) is 0 Å². The molecule has 0 spiro atoms. The number of alkyl halides is 1. The van der Waals surface area contributed by atoms with Gasteiger partial charge in [0, 0.05) is 17.0 Å². The van der Waals surface area contributed by atoms with Crippen LogP contribution in [0.15, 0.2) is 73.3 Å². The summed E-state index contributed by atoms with van der Waals surface area (Å²) in [6, 6.07) is 17.2. The van der Waals surface area contributed by atoms with E-state index in [-0.39, 0.29) is 23.2 Å². The monoisotopic (exact) mass is 489 g/mol. The number of aromatic nitrogens is 4. The van der Waals surface area contributed by atoms with Crippen LogP contribution >= 0.6 is 11.6 Å². The summed E-state index contributed by atoms with van der Waals surface area (Å²) in [5, 5.41) is -0.288. The van der Waals surface area contributed by atoms with E-state index in [9.17, 15) is 9.59 Å². The van der Waals surface area contributed by atoms with Crippen LogP contribution in [-0.2, 0) is 4.74 Å². The molecule has 4 aromatic rings. The van der Waals surface area contributed by atoms with Crippen LogP contribution in [0.2, 0.25) is 0 Å². The number of hydrogen-bond donors (Lipinski definition) is 0. The van der Waals surface area contributed by atoms with Crippen molar-refractivity contribution in [2.75, 3.05) is 4.90 Å². The molecule has 2 aromatic carbocycles. The number of ether oxygens (including phenoxy) is 1. The molecule has 5 rings (SSSR count). The van der Waals surface area contributed by atoms with Crippen molar-refractivity contribution < 1.29 is 14.3 Å².